The summed E-state index contributed by atoms with van der Waals surface area (Å²) in [5.41, 5.74) is 0. The summed E-state index contributed by atoms with van der Waals surface area (Å²) in [6, 6.07) is 0. The minimum Gasteiger partial charge on any atom is -0.331 e. The molecular formula is C3H10IOS+. The van der Waals surface area contributed by atoms with Crippen LogP contribution in [0.15, 0.2) is 0 Å². The molecule has 0 saturated heterocycles. The average molecular weight is 221 g/mol. The highest BCUT2D eigenvalue weighted by atomic mass is 127. The molecule has 0 unspecified atom stereocenters. The molecule has 6 heavy (non-hydrogen) atoms. The monoisotopic (exact) mass is 221 g/mol. The lowest BCUT2D eigenvalue weighted by Gasteiger charge is -1.69. The van der Waals surface area contributed by atoms with Crippen molar-refractivity contribution in [2.24, 2.45) is 0 Å². The van der Waals surface area contributed by atoms with Gasteiger partial charge in [0, 0.05) is 0 Å². The van der Waals surface area contributed by atoms with Crippen LogP contribution in [0.5, 0.6) is 0 Å². The minimum absolute atomic E-state index is 0.639. The van der Waals surface area contributed by atoms with Crippen LogP contribution in [0.25, 0.3) is 0 Å². The van der Waals surface area contributed by atoms with Crippen molar-refractivity contribution in [3.8, 4) is 0 Å². The van der Waals surface area contributed by atoms with E-state index >= 15 is 0 Å². The molecule has 0 spiro atoms. The van der Waals surface area contributed by atoms with E-state index in [0.717, 1.165) is 23.0 Å². The van der Waals surface area contributed by atoms with E-state index in [-0.39, 0.29) is 0 Å². The van der Waals surface area contributed by atoms with Crippen LogP contribution in [-0.2, 0) is 10.9 Å². The first-order valence-corrected chi connectivity index (χ1v) is 4.81. The molecule has 0 radical (unpaired) electrons. The summed E-state index contributed by atoms with van der Waals surface area (Å²) < 4.78 is 6.97. The van der Waals surface area contributed by atoms with Crippen LogP contribution < -0.4 is 0 Å². The van der Waals surface area contributed by atoms with Gasteiger partial charge in [0.1, 0.15) is 23.0 Å². The maximum atomic E-state index is 6.97. The Labute approximate surface area is 56.2 Å². The quantitative estimate of drug-likeness (QED) is 0.474. The van der Waals surface area contributed by atoms with Gasteiger partial charge in [-0.1, -0.05) is 0 Å². The van der Waals surface area contributed by atoms with Gasteiger partial charge in [0.2, 0.25) is 0 Å². The molecule has 0 saturated carbocycles. The Kier molecular flexibility index (Phi) is 15.8. The zero-order valence-corrected chi connectivity index (χ0v) is 7.21. The molecule has 0 bridgehead atoms. The topological polar surface area (TPSA) is 20.2 Å². The molecule has 0 amide bonds. The van der Waals surface area contributed by atoms with E-state index in [1.165, 1.54) is 0 Å². The number of hydrogen-bond donors (Lipinski definition) is 1. The first-order valence-electron chi connectivity index (χ1n) is 1.39. The second kappa shape index (κ2) is 9.40. The molecule has 0 aliphatic rings. The molecule has 1 N–H and O–H groups in total. The molecule has 3 heteroatoms. The predicted molar refractivity (Wildman–Crippen MR) is 41.4 cm³/mol. The van der Waals surface area contributed by atoms with Crippen LogP contribution in [0.2, 0.25) is 0 Å². The fraction of sp³-hybridized carbons (Fsp3) is 1.00. The van der Waals surface area contributed by atoms with E-state index in [1.807, 2.05) is 0 Å². The second-order valence-corrected chi connectivity index (χ2v) is 3.67. The normalized spacial score (nSPS) is 7.00. The predicted octanol–water partition coefficient (Wildman–Crippen LogP) is 0.823. The summed E-state index contributed by atoms with van der Waals surface area (Å²) in [6.45, 7) is 0. The van der Waals surface area contributed by atoms with Gasteiger partial charge >= 0.3 is 0 Å². The van der Waals surface area contributed by atoms with Crippen LogP contribution >= 0.6 is 23.0 Å². The largest absolute Gasteiger partial charge is 0.331 e. The van der Waals surface area contributed by atoms with E-state index in [0.29, 0.717) is 10.9 Å². The van der Waals surface area contributed by atoms with Gasteiger partial charge in [0.25, 0.3) is 0 Å². The summed E-state index contributed by atoms with van der Waals surface area (Å²) >= 11 is 1.15. The Morgan fingerprint density at radius 2 is 1.17 bits per heavy atom. The third-order valence-electron chi connectivity index (χ3n) is 0. The van der Waals surface area contributed by atoms with Gasteiger partial charge in [0.05, 0.1) is 18.8 Å². The Bertz CT molecular complexity index is 15.5. The number of halogens is 1. The number of rotatable bonds is 0. The van der Waals surface area contributed by atoms with Gasteiger partial charge in [-0.15, -0.1) is 0 Å². The molecule has 40 valence electrons. The van der Waals surface area contributed by atoms with Gasteiger partial charge in [0.15, 0.2) is 0 Å². The maximum Gasteiger partial charge on any atom is 0.106 e. The fourth-order valence-corrected chi connectivity index (χ4v) is 0. The van der Waals surface area contributed by atoms with Crippen molar-refractivity contribution in [3.63, 3.8) is 0 Å². The third-order valence-corrected chi connectivity index (χ3v) is 0. The number of hydrogen-bond acceptors (Lipinski definition) is 1. The molecule has 0 heterocycles. The lowest BCUT2D eigenvalue weighted by molar-refractivity contribution is 0.748. The van der Waals surface area contributed by atoms with Crippen molar-refractivity contribution in [2.75, 3.05) is 18.8 Å². The molecule has 0 atom stereocenters. The lowest BCUT2D eigenvalue weighted by Crippen LogP contribution is -1.84. The van der Waals surface area contributed by atoms with Gasteiger partial charge in [-0.3, -0.25) is 0 Å². The molecule has 0 aromatic heterocycles. The van der Waals surface area contributed by atoms with Crippen LogP contribution in [0.4, 0.5) is 0 Å². The summed E-state index contributed by atoms with van der Waals surface area (Å²) in [5, 5.41) is 0. The Morgan fingerprint density at radius 3 is 1.17 bits per heavy atom. The molecule has 0 rings (SSSR count). The summed E-state index contributed by atoms with van der Waals surface area (Å²) in [4.78, 5) is 0. The maximum absolute atomic E-state index is 6.97. The highest BCUT2D eigenvalue weighted by molar-refractivity contribution is 14.1. The smallest absolute Gasteiger partial charge is 0.106 e. The molecular weight excluding hydrogens is 211 g/mol. The van der Waals surface area contributed by atoms with Crippen molar-refractivity contribution < 1.29 is 3.44 Å². The van der Waals surface area contributed by atoms with E-state index < -0.39 is 0 Å². The fourth-order valence-electron chi connectivity index (χ4n) is 0. The van der Waals surface area contributed by atoms with Gasteiger partial charge in [-0.2, -0.15) is 0 Å². The molecule has 0 aromatic carbocycles. The van der Waals surface area contributed by atoms with Crippen LogP contribution in [-0.4, -0.2) is 22.2 Å². The summed E-state index contributed by atoms with van der Waals surface area (Å²) in [5.74, 6) is 0. The summed E-state index contributed by atoms with van der Waals surface area (Å²) in [7, 11) is 0.639. The zero-order valence-electron chi connectivity index (χ0n) is 4.23. The van der Waals surface area contributed by atoms with E-state index in [2.05, 4.69) is 18.8 Å². The van der Waals surface area contributed by atoms with Crippen molar-refractivity contribution in [1.29, 1.82) is 0 Å². The Hall–Kier alpha value is 1.04. The zero-order chi connectivity index (χ0) is 5.58. The average Bonchev–Trinajstić information content (AvgIpc) is 1.41. The molecule has 0 aromatic rings. The SMILES string of the molecule is C[S+](C)C.OI. The standard InChI is InChI=1S/C3H9S.HIO/c1-4(2)3;1-2/h1-3H3;2H/q+1;. The molecule has 1 nitrogen and oxygen atoms in total. The molecule has 0 fully saturated rings. The molecule has 0 aliphatic heterocycles. The van der Waals surface area contributed by atoms with Crippen molar-refractivity contribution in [3.05, 3.63) is 0 Å². The van der Waals surface area contributed by atoms with E-state index in [1.54, 1.807) is 0 Å². The van der Waals surface area contributed by atoms with Crippen LogP contribution in [0.1, 0.15) is 0 Å². The molecule has 0 aliphatic carbocycles. The van der Waals surface area contributed by atoms with Crippen molar-refractivity contribution >= 4 is 33.9 Å². The van der Waals surface area contributed by atoms with Crippen LogP contribution in [0.3, 0.4) is 0 Å². The lowest BCUT2D eigenvalue weighted by atomic mass is 11.9. The van der Waals surface area contributed by atoms with Gasteiger partial charge in [-0.25, -0.2) is 0 Å². The Balaban J connectivity index is 0. The van der Waals surface area contributed by atoms with Crippen molar-refractivity contribution in [2.45, 2.75) is 0 Å². The second-order valence-electron chi connectivity index (χ2n) is 1.22. The Morgan fingerprint density at radius 1 is 1.17 bits per heavy atom. The van der Waals surface area contributed by atoms with Crippen LogP contribution in [0, 0.1) is 0 Å². The van der Waals surface area contributed by atoms with Gasteiger partial charge in [-0.05, 0) is 10.9 Å². The summed E-state index contributed by atoms with van der Waals surface area (Å²) in [6.07, 6.45) is 6.58. The first kappa shape index (κ1) is 10.1. The highest BCUT2D eigenvalue weighted by Gasteiger charge is 1.77. The van der Waals surface area contributed by atoms with E-state index in [9.17, 15) is 0 Å². The first-order chi connectivity index (χ1) is 2.73. The minimum atomic E-state index is 0.639. The van der Waals surface area contributed by atoms with Crippen molar-refractivity contribution in [1.82, 2.24) is 0 Å². The third kappa shape index (κ3) is 76.1. The van der Waals surface area contributed by atoms with E-state index in [4.69, 9.17) is 3.44 Å². The highest BCUT2D eigenvalue weighted by Crippen LogP contribution is 1.63. The van der Waals surface area contributed by atoms with Gasteiger partial charge < -0.3 is 3.44 Å².